The first kappa shape index (κ1) is 16.3. The summed E-state index contributed by atoms with van der Waals surface area (Å²) in [5.41, 5.74) is 1.66. The van der Waals surface area contributed by atoms with Crippen LogP contribution in [0.3, 0.4) is 0 Å². The van der Waals surface area contributed by atoms with E-state index in [4.69, 9.17) is 4.52 Å². The van der Waals surface area contributed by atoms with Gasteiger partial charge in [0.2, 0.25) is 0 Å². The summed E-state index contributed by atoms with van der Waals surface area (Å²) in [6.45, 7) is 2.03. The van der Waals surface area contributed by atoms with Crippen LogP contribution in [0.15, 0.2) is 18.3 Å². The van der Waals surface area contributed by atoms with E-state index in [0.717, 1.165) is 24.1 Å². The van der Waals surface area contributed by atoms with E-state index in [-0.39, 0.29) is 36.1 Å². The van der Waals surface area contributed by atoms with E-state index in [9.17, 15) is 9.59 Å². The Bertz CT molecular complexity index is 537. The van der Waals surface area contributed by atoms with E-state index in [1.165, 1.54) is 0 Å². The van der Waals surface area contributed by atoms with Gasteiger partial charge in [-0.15, -0.1) is 0 Å². The van der Waals surface area contributed by atoms with Crippen molar-refractivity contribution >= 4 is 30.9 Å². The molecule has 0 spiro atoms. The molecule has 5 atom stereocenters. The molecule has 0 aliphatic heterocycles. The molecule has 0 aromatic carbocycles. The van der Waals surface area contributed by atoms with Crippen LogP contribution in [0.1, 0.15) is 49.3 Å². The molecule has 0 saturated carbocycles. The molecular formula is C14H19NO4P2. The largest absolute Gasteiger partial charge is 0.451 e. The van der Waals surface area contributed by atoms with Crippen molar-refractivity contribution in [1.29, 1.82) is 0 Å². The van der Waals surface area contributed by atoms with Crippen molar-refractivity contribution in [1.82, 2.24) is 4.98 Å². The molecule has 114 valence electrons. The van der Waals surface area contributed by atoms with E-state index < -0.39 is 0 Å². The minimum Gasteiger partial charge on any atom is -0.451 e. The minimum absolute atomic E-state index is 0.0287. The molecule has 0 saturated heterocycles. The predicted octanol–water partition coefficient (Wildman–Crippen LogP) is 2.74. The number of fused-ring (bicyclic) bond motifs is 1. The van der Waals surface area contributed by atoms with Crippen LogP contribution in [-0.4, -0.2) is 16.9 Å². The maximum absolute atomic E-state index is 12.1. The average Bonchev–Trinajstić information content (AvgIpc) is 2.64. The maximum atomic E-state index is 12.1. The third kappa shape index (κ3) is 3.59. The molecule has 1 heterocycles. The number of hydrogen-bond donors (Lipinski definition) is 0. The lowest BCUT2D eigenvalue weighted by molar-refractivity contribution is -0.136. The molecule has 5 nitrogen and oxygen atoms in total. The summed E-state index contributed by atoms with van der Waals surface area (Å²) in [6.07, 6.45) is 3.58. The molecule has 7 heteroatoms. The molecule has 1 aliphatic carbocycles. The third-order valence-corrected chi connectivity index (χ3v) is 4.54. The Balaban J connectivity index is 2.41. The van der Waals surface area contributed by atoms with E-state index in [1.807, 2.05) is 38.0 Å². The predicted molar refractivity (Wildman–Crippen MR) is 84.3 cm³/mol. The Kier molecular flexibility index (Phi) is 5.66. The van der Waals surface area contributed by atoms with Crippen molar-refractivity contribution in [3.63, 3.8) is 0 Å². The number of pyridine rings is 1. The van der Waals surface area contributed by atoms with Gasteiger partial charge < -0.3 is 9.05 Å². The summed E-state index contributed by atoms with van der Waals surface area (Å²) in [5.74, 6) is -0.808. The fraction of sp³-hybridized carbons (Fsp3) is 0.500. The molecular weight excluding hydrogens is 308 g/mol. The summed E-state index contributed by atoms with van der Waals surface area (Å²) in [4.78, 5) is 28.1. The first-order chi connectivity index (χ1) is 10.1. The number of aromatic nitrogens is 1. The second-order valence-electron chi connectivity index (χ2n) is 5.34. The number of carbonyl (C=O) groups is 2. The van der Waals surface area contributed by atoms with Gasteiger partial charge in [0.1, 0.15) is 0 Å². The second-order valence-corrected chi connectivity index (χ2v) is 5.81. The fourth-order valence-electron chi connectivity index (χ4n) is 2.99. The van der Waals surface area contributed by atoms with E-state index >= 15 is 0 Å². The normalized spacial score (nSPS) is 24.6. The van der Waals surface area contributed by atoms with Gasteiger partial charge in [-0.3, -0.25) is 14.6 Å². The van der Waals surface area contributed by atoms with Gasteiger partial charge in [0, 0.05) is 17.8 Å². The Morgan fingerprint density at radius 1 is 1.33 bits per heavy atom. The van der Waals surface area contributed by atoms with Crippen LogP contribution in [0, 0.1) is 5.92 Å². The molecule has 0 radical (unpaired) electrons. The molecule has 0 N–H and O–H groups in total. The number of nitrogens with zero attached hydrogens (tertiary/aromatic N) is 1. The van der Waals surface area contributed by atoms with Gasteiger partial charge in [-0.1, -0.05) is 13.0 Å². The Hall–Kier alpha value is -1.05. The lowest BCUT2D eigenvalue weighted by Crippen LogP contribution is -2.20. The van der Waals surface area contributed by atoms with Crippen LogP contribution in [-0.2, 0) is 18.6 Å². The third-order valence-electron chi connectivity index (χ3n) is 4.05. The quantitative estimate of drug-likeness (QED) is 0.631. The Morgan fingerprint density at radius 3 is 2.76 bits per heavy atom. The van der Waals surface area contributed by atoms with Gasteiger partial charge >= 0.3 is 11.9 Å². The fourth-order valence-corrected chi connectivity index (χ4v) is 3.23. The summed E-state index contributed by atoms with van der Waals surface area (Å²) in [7, 11) is 3.99. The van der Waals surface area contributed by atoms with Crippen molar-refractivity contribution in [3.05, 3.63) is 29.6 Å². The highest BCUT2D eigenvalue weighted by atomic mass is 31.0. The molecule has 21 heavy (non-hydrogen) atoms. The zero-order chi connectivity index (χ0) is 15.4. The van der Waals surface area contributed by atoms with Crippen LogP contribution in [0.4, 0.5) is 0 Å². The molecule has 1 aromatic heterocycles. The summed E-state index contributed by atoms with van der Waals surface area (Å²) in [6, 6.07) is 3.71. The SMILES string of the molecule is CC1CCC(CC(=O)OP)c2ncccc2C1C(=O)OP. The molecule has 0 bridgehead atoms. The average molecular weight is 327 g/mol. The number of carbonyl (C=O) groups excluding carboxylic acids is 2. The highest BCUT2D eigenvalue weighted by Gasteiger charge is 2.36. The first-order valence-electron chi connectivity index (χ1n) is 6.83. The van der Waals surface area contributed by atoms with Crippen LogP contribution in [0.5, 0.6) is 0 Å². The smallest absolute Gasteiger partial charge is 0.315 e. The standard InChI is InChI=1S/C14H19NO4P2/c1-8-4-5-9(7-11(16)18-20)13-10(3-2-6-15-13)12(8)14(17)19-21/h2-3,6,8-9,12H,4-5,7,20-21H2,1H3. The first-order valence-corrected chi connectivity index (χ1v) is 7.77. The van der Waals surface area contributed by atoms with Gasteiger partial charge in [-0.05, 0) is 30.4 Å². The zero-order valence-corrected chi connectivity index (χ0v) is 14.1. The van der Waals surface area contributed by atoms with E-state index in [1.54, 1.807) is 6.20 Å². The molecule has 5 unspecified atom stereocenters. The minimum atomic E-state index is -0.344. The Labute approximate surface area is 128 Å². The number of hydrogen-bond acceptors (Lipinski definition) is 5. The monoisotopic (exact) mass is 327 g/mol. The van der Waals surface area contributed by atoms with Crippen LogP contribution in [0.2, 0.25) is 0 Å². The highest BCUT2D eigenvalue weighted by Crippen LogP contribution is 2.41. The van der Waals surface area contributed by atoms with Gasteiger partial charge in [0.05, 0.1) is 31.3 Å². The second kappa shape index (κ2) is 7.29. The lowest BCUT2D eigenvalue weighted by atomic mass is 9.86. The van der Waals surface area contributed by atoms with Crippen molar-refractivity contribution in [3.8, 4) is 0 Å². The van der Waals surface area contributed by atoms with Crippen LogP contribution >= 0.6 is 18.9 Å². The van der Waals surface area contributed by atoms with Crippen molar-refractivity contribution in [2.75, 3.05) is 0 Å². The summed E-state index contributed by atoms with van der Waals surface area (Å²) >= 11 is 0. The molecule has 0 amide bonds. The van der Waals surface area contributed by atoms with Crippen molar-refractivity contribution < 1.29 is 18.6 Å². The van der Waals surface area contributed by atoms with Gasteiger partial charge in [-0.25, -0.2) is 0 Å². The van der Waals surface area contributed by atoms with Gasteiger partial charge in [-0.2, -0.15) is 0 Å². The van der Waals surface area contributed by atoms with Crippen molar-refractivity contribution in [2.45, 2.75) is 38.0 Å². The summed E-state index contributed by atoms with van der Waals surface area (Å²) in [5, 5.41) is 0. The van der Waals surface area contributed by atoms with Gasteiger partial charge in [0.15, 0.2) is 0 Å². The lowest BCUT2D eigenvalue weighted by Gasteiger charge is -2.20. The zero-order valence-electron chi connectivity index (χ0n) is 11.8. The van der Waals surface area contributed by atoms with Crippen molar-refractivity contribution in [2.24, 2.45) is 5.92 Å². The molecule has 0 fully saturated rings. The topological polar surface area (TPSA) is 65.5 Å². The van der Waals surface area contributed by atoms with Gasteiger partial charge in [0.25, 0.3) is 0 Å². The molecule has 2 rings (SSSR count). The van der Waals surface area contributed by atoms with E-state index in [2.05, 4.69) is 9.51 Å². The number of rotatable bonds is 3. The molecule has 1 aliphatic rings. The Morgan fingerprint density at radius 2 is 2.10 bits per heavy atom. The summed E-state index contributed by atoms with van der Waals surface area (Å²) < 4.78 is 9.55. The van der Waals surface area contributed by atoms with Crippen LogP contribution in [0.25, 0.3) is 0 Å². The highest BCUT2D eigenvalue weighted by molar-refractivity contribution is 7.11. The van der Waals surface area contributed by atoms with E-state index in [0.29, 0.717) is 0 Å². The molecule has 1 aromatic rings. The van der Waals surface area contributed by atoms with Crippen LogP contribution < -0.4 is 0 Å². The maximum Gasteiger partial charge on any atom is 0.315 e.